The Morgan fingerprint density at radius 1 is 1.29 bits per heavy atom. The minimum Gasteiger partial charge on any atom is -0.342 e. The molecule has 1 saturated heterocycles. The molecule has 1 N–H and O–H groups in total. The third-order valence-corrected chi connectivity index (χ3v) is 4.90. The molecule has 0 bridgehead atoms. The topological polar surface area (TPSA) is 32.3 Å². The van der Waals surface area contributed by atoms with Crippen LogP contribution in [0.4, 0.5) is 0 Å². The van der Waals surface area contributed by atoms with Crippen molar-refractivity contribution in [2.75, 3.05) is 26.2 Å². The fraction of sp³-hybridized carbons (Fsp3) is 0.611. The van der Waals surface area contributed by atoms with E-state index in [-0.39, 0.29) is 5.92 Å². The first-order chi connectivity index (χ1) is 10.3. The largest absolute Gasteiger partial charge is 0.342 e. The highest BCUT2D eigenvalue weighted by atomic mass is 16.2. The number of hydrogen-bond acceptors (Lipinski definition) is 2. The second kappa shape index (κ2) is 6.61. The summed E-state index contributed by atoms with van der Waals surface area (Å²) < 4.78 is 0. The van der Waals surface area contributed by atoms with Gasteiger partial charge in [-0.15, -0.1) is 0 Å². The minimum absolute atomic E-state index is 0.120. The van der Waals surface area contributed by atoms with Crippen LogP contribution >= 0.6 is 0 Å². The molecule has 1 aliphatic heterocycles. The predicted molar refractivity (Wildman–Crippen MR) is 85.4 cm³/mol. The van der Waals surface area contributed by atoms with Gasteiger partial charge in [0.25, 0.3) is 0 Å². The van der Waals surface area contributed by atoms with Crippen molar-refractivity contribution in [2.45, 2.75) is 38.5 Å². The van der Waals surface area contributed by atoms with Gasteiger partial charge in [-0.3, -0.25) is 4.79 Å². The molecule has 0 radical (unpaired) electrons. The molecule has 1 unspecified atom stereocenters. The Balaban J connectivity index is 1.65. The van der Waals surface area contributed by atoms with Crippen LogP contribution in [0.15, 0.2) is 24.3 Å². The van der Waals surface area contributed by atoms with Crippen molar-refractivity contribution in [3.63, 3.8) is 0 Å². The molecule has 1 aliphatic carbocycles. The Morgan fingerprint density at radius 2 is 2.05 bits per heavy atom. The molecule has 1 aromatic carbocycles. The molecule has 114 valence electrons. The van der Waals surface area contributed by atoms with Crippen LogP contribution in [0.3, 0.4) is 0 Å². The summed E-state index contributed by atoms with van der Waals surface area (Å²) in [5, 5.41) is 3.40. The zero-order valence-electron chi connectivity index (χ0n) is 13.0. The Morgan fingerprint density at radius 3 is 2.76 bits per heavy atom. The summed E-state index contributed by atoms with van der Waals surface area (Å²) in [7, 11) is 0. The number of nitrogens with zero attached hydrogens (tertiary/aromatic N) is 1. The average Bonchev–Trinajstić information content (AvgIpc) is 2.49. The zero-order valence-corrected chi connectivity index (χ0v) is 13.0. The van der Waals surface area contributed by atoms with Crippen LogP contribution in [0.25, 0.3) is 0 Å². The van der Waals surface area contributed by atoms with E-state index >= 15 is 0 Å². The smallest absolute Gasteiger partial charge is 0.230 e. The summed E-state index contributed by atoms with van der Waals surface area (Å²) in [6, 6.07) is 8.39. The monoisotopic (exact) mass is 286 g/mol. The van der Waals surface area contributed by atoms with Crippen molar-refractivity contribution in [3.05, 3.63) is 35.4 Å². The highest BCUT2D eigenvalue weighted by Gasteiger charge is 2.35. The second-order valence-corrected chi connectivity index (χ2v) is 6.43. The first-order valence-corrected chi connectivity index (χ1v) is 8.37. The summed E-state index contributed by atoms with van der Waals surface area (Å²) in [6.45, 7) is 6.22. The van der Waals surface area contributed by atoms with E-state index in [9.17, 15) is 4.79 Å². The van der Waals surface area contributed by atoms with Crippen LogP contribution < -0.4 is 5.32 Å². The second-order valence-electron chi connectivity index (χ2n) is 6.43. The lowest BCUT2D eigenvalue weighted by molar-refractivity contribution is -0.134. The van der Waals surface area contributed by atoms with Crippen LogP contribution in [0.5, 0.6) is 0 Å². The molecule has 3 heteroatoms. The lowest BCUT2D eigenvalue weighted by atomic mass is 9.76. The van der Waals surface area contributed by atoms with Gasteiger partial charge < -0.3 is 10.2 Å². The number of carbonyl (C=O) groups is 1. The van der Waals surface area contributed by atoms with Gasteiger partial charge in [0, 0.05) is 13.1 Å². The molecule has 3 rings (SSSR count). The molecule has 2 aliphatic rings. The fourth-order valence-electron chi connectivity index (χ4n) is 3.64. The summed E-state index contributed by atoms with van der Waals surface area (Å²) >= 11 is 0. The van der Waals surface area contributed by atoms with Gasteiger partial charge in [-0.05, 0) is 55.8 Å². The highest BCUT2D eigenvalue weighted by molar-refractivity contribution is 5.87. The molecule has 1 aromatic rings. The summed E-state index contributed by atoms with van der Waals surface area (Å²) in [5.74, 6) is 1.15. The van der Waals surface area contributed by atoms with Crippen molar-refractivity contribution in [3.8, 4) is 0 Å². The van der Waals surface area contributed by atoms with Gasteiger partial charge in [-0.25, -0.2) is 0 Å². The molecular weight excluding hydrogens is 260 g/mol. The van der Waals surface area contributed by atoms with Crippen LogP contribution in [-0.2, 0) is 11.2 Å². The van der Waals surface area contributed by atoms with E-state index in [4.69, 9.17) is 0 Å². The molecule has 21 heavy (non-hydrogen) atoms. The summed E-state index contributed by atoms with van der Waals surface area (Å²) in [4.78, 5) is 15.0. The maximum atomic E-state index is 12.9. The quantitative estimate of drug-likeness (QED) is 0.902. The standard InChI is InChI=1S/C18H26N2O/c1-2-11-20(13-14-7-9-19-10-8-14)18(21)17-12-15-5-3-4-6-16(15)17/h3-6,14,17,19H,2,7-13H2,1H3. The number of hydrogen-bond donors (Lipinski definition) is 1. The Kier molecular flexibility index (Phi) is 4.59. The van der Waals surface area contributed by atoms with Gasteiger partial charge in [-0.2, -0.15) is 0 Å². The molecule has 0 saturated carbocycles. The van der Waals surface area contributed by atoms with Crippen LogP contribution in [0, 0.1) is 5.92 Å². The van der Waals surface area contributed by atoms with Gasteiger partial charge in [0.1, 0.15) is 0 Å². The lowest BCUT2D eigenvalue weighted by Gasteiger charge is -2.36. The van der Waals surface area contributed by atoms with Crippen LogP contribution in [0.2, 0.25) is 0 Å². The SMILES string of the molecule is CCCN(CC1CCNCC1)C(=O)C1Cc2ccccc21. The number of benzene rings is 1. The van der Waals surface area contributed by atoms with Crippen molar-refractivity contribution in [2.24, 2.45) is 5.92 Å². The number of fused-ring (bicyclic) bond motifs is 1. The van der Waals surface area contributed by atoms with E-state index < -0.39 is 0 Å². The number of rotatable bonds is 5. The highest BCUT2D eigenvalue weighted by Crippen LogP contribution is 2.36. The van der Waals surface area contributed by atoms with Gasteiger partial charge in [-0.1, -0.05) is 31.2 Å². The summed E-state index contributed by atoms with van der Waals surface area (Å²) in [6.07, 6.45) is 4.38. The van der Waals surface area contributed by atoms with Gasteiger partial charge in [0.05, 0.1) is 5.92 Å². The van der Waals surface area contributed by atoms with Crippen molar-refractivity contribution >= 4 is 5.91 Å². The van der Waals surface area contributed by atoms with Gasteiger partial charge in [0.2, 0.25) is 5.91 Å². The van der Waals surface area contributed by atoms with E-state index in [1.165, 1.54) is 24.0 Å². The number of nitrogens with one attached hydrogen (secondary N) is 1. The number of amides is 1. The molecule has 0 aromatic heterocycles. The molecule has 1 atom stereocenters. The summed E-state index contributed by atoms with van der Waals surface area (Å²) in [5.41, 5.74) is 2.61. The Bertz CT molecular complexity index is 494. The van der Waals surface area contributed by atoms with E-state index in [0.717, 1.165) is 39.0 Å². The third kappa shape index (κ3) is 3.13. The molecule has 1 heterocycles. The first kappa shape index (κ1) is 14.6. The molecular formula is C18H26N2O. The van der Waals surface area contributed by atoms with Gasteiger partial charge >= 0.3 is 0 Å². The normalized spacial score (nSPS) is 21.5. The molecule has 1 amide bonds. The van der Waals surface area contributed by atoms with Gasteiger partial charge in [0.15, 0.2) is 0 Å². The molecule has 3 nitrogen and oxygen atoms in total. The number of piperidine rings is 1. The van der Waals surface area contributed by atoms with E-state index in [2.05, 4.69) is 41.4 Å². The Hall–Kier alpha value is -1.35. The van der Waals surface area contributed by atoms with Crippen LogP contribution in [0.1, 0.15) is 43.2 Å². The molecule has 0 spiro atoms. The fourth-order valence-corrected chi connectivity index (χ4v) is 3.64. The average molecular weight is 286 g/mol. The van der Waals surface area contributed by atoms with E-state index in [1.807, 2.05) is 0 Å². The maximum Gasteiger partial charge on any atom is 0.230 e. The molecule has 1 fully saturated rings. The van der Waals surface area contributed by atoms with E-state index in [0.29, 0.717) is 11.8 Å². The first-order valence-electron chi connectivity index (χ1n) is 8.37. The van der Waals surface area contributed by atoms with Crippen molar-refractivity contribution in [1.82, 2.24) is 10.2 Å². The maximum absolute atomic E-state index is 12.9. The predicted octanol–water partition coefficient (Wildman–Crippen LogP) is 2.56. The number of carbonyl (C=O) groups excluding carboxylic acids is 1. The van der Waals surface area contributed by atoms with Crippen molar-refractivity contribution in [1.29, 1.82) is 0 Å². The lowest BCUT2D eigenvalue weighted by Crippen LogP contribution is -2.44. The minimum atomic E-state index is 0.120. The van der Waals surface area contributed by atoms with Crippen LogP contribution in [-0.4, -0.2) is 37.0 Å². The Labute approximate surface area is 127 Å². The van der Waals surface area contributed by atoms with Crippen molar-refractivity contribution < 1.29 is 4.79 Å². The van der Waals surface area contributed by atoms with E-state index in [1.54, 1.807) is 0 Å². The third-order valence-electron chi connectivity index (χ3n) is 4.90. The zero-order chi connectivity index (χ0) is 14.7.